The average Bonchev–Trinajstić information content (AvgIpc) is 2.75. The summed E-state index contributed by atoms with van der Waals surface area (Å²) in [7, 11) is 0. The molecule has 0 spiro atoms. The molecule has 0 aliphatic carbocycles. The van der Waals surface area contributed by atoms with E-state index in [0.717, 1.165) is 0 Å². The summed E-state index contributed by atoms with van der Waals surface area (Å²) in [6.07, 6.45) is 34.2. The molecule has 200 valence electrons. The number of hydrogen-bond donors (Lipinski definition) is 1. The largest absolute Gasteiger partial charge is 0.307 e. The van der Waals surface area contributed by atoms with E-state index in [1.807, 2.05) is 0 Å². The zero-order valence-electron chi connectivity index (χ0n) is 24.5. The third-order valence-electron chi connectivity index (χ3n) is 7.49. The van der Waals surface area contributed by atoms with Gasteiger partial charge in [0.2, 0.25) is 0 Å². The van der Waals surface area contributed by atoms with Crippen LogP contribution in [0.1, 0.15) is 196 Å². The molecule has 0 rings (SSSR count). The van der Waals surface area contributed by atoms with Crippen molar-refractivity contribution in [2.75, 3.05) is 0 Å². The molecule has 0 unspecified atom stereocenters. The quantitative estimate of drug-likeness (QED) is 0.125. The highest BCUT2D eigenvalue weighted by Crippen LogP contribution is 2.23. The first-order chi connectivity index (χ1) is 15.8. The summed E-state index contributed by atoms with van der Waals surface area (Å²) in [6, 6.07) is 0. The molecule has 0 aromatic heterocycles. The number of hydrogen-bond acceptors (Lipinski definition) is 1. The molecule has 33 heavy (non-hydrogen) atoms. The molecule has 0 amide bonds. The van der Waals surface area contributed by atoms with Crippen molar-refractivity contribution < 1.29 is 0 Å². The van der Waals surface area contributed by atoms with Crippen LogP contribution in [0.4, 0.5) is 0 Å². The maximum Gasteiger partial charge on any atom is 0.0130 e. The lowest BCUT2D eigenvalue weighted by molar-refractivity contribution is 0.230. The fourth-order valence-electron chi connectivity index (χ4n) is 5.50. The van der Waals surface area contributed by atoms with Crippen molar-refractivity contribution in [2.24, 2.45) is 0 Å². The van der Waals surface area contributed by atoms with Gasteiger partial charge < -0.3 is 5.32 Å². The minimum Gasteiger partial charge on any atom is -0.307 e. The normalized spacial score (nSPS) is 12.5. The summed E-state index contributed by atoms with van der Waals surface area (Å²) in [5.41, 5.74) is 0.529. The number of unbranched alkanes of at least 4 members (excludes halogenated alkanes) is 20. The fraction of sp³-hybridized carbons (Fsp3) is 1.00. The van der Waals surface area contributed by atoms with E-state index in [-0.39, 0.29) is 11.1 Å². The van der Waals surface area contributed by atoms with Crippen LogP contribution in [0.15, 0.2) is 0 Å². The van der Waals surface area contributed by atoms with Crippen molar-refractivity contribution in [1.29, 1.82) is 0 Å². The monoisotopic (exact) mass is 466 g/mol. The molecule has 0 aliphatic heterocycles. The van der Waals surface area contributed by atoms with Gasteiger partial charge in [-0.05, 0) is 40.5 Å². The van der Waals surface area contributed by atoms with Gasteiger partial charge in [-0.2, -0.15) is 0 Å². The molecule has 0 fully saturated rings. The molecule has 0 saturated heterocycles. The lowest BCUT2D eigenvalue weighted by atomic mass is 9.89. The van der Waals surface area contributed by atoms with Gasteiger partial charge >= 0.3 is 0 Å². The zero-order valence-corrected chi connectivity index (χ0v) is 24.5. The second-order valence-electron chi connectivity index (χ2n) is 12.5. The zero-order chi connectivity index (χ0) is 24.7. The highest BCUT2D eigenvalue weighted by Gasteiger charge is 2.26. The molecule has 0 bridgehead atoms. The summed E-state index contributed by atoms with van der Waals surface area (Å²) in [6.45, 7) is 14.3. The highest BCUT2D eigenvalue weighted by atomic mass is 15.0. The van der Waals surface area contributed by atoms with Crippen molar-refractivity contribution in [3.63, 3.8) is 0 Å². The van der Waals surface area contributed by atoms with E-state index >= 15 is 0 Å². The van der Waals surface area contributed by atoms with Gasteiger partial charge in [-0.3, -0.25) is 0 Å². The van der Waals surface area contributed by atoms with Gasteiger partial charge in [0.1, 0.15) is 0 Å². The molecule has 1 N–H and O–H groups in total. The minimum atomic E-state index is 0.264. The molecule has 0 radical (unpaired) electrons. The highest BCUT2D eigenvalue weighted by molar-refractivity contribution is 4.88. The van der Waals surface area contributed by atoms with Crippen LogP contribution in [0.2, 0.25) is 0 Å². The van der Waals surface area contributed by atoms with E-state index in [4.69, 9.17) is 0 Å². The van der Waals surface area contributed by atoms with Crippen LogP contribution in [-0.4, -0.2) is 11.1 Å². The predicted octanol–water partition coefficient (Wildman–Crippen LogP) is 11.5. The maximum absolute atomic E-state index is 4.00. The van der Waals surface area contributed by atoms with Gasteiger partial charge in [-0.15, -0.1) is 0 Å². The van der Waals surface area contributed by atoms with Crippen molar-refractivity contribution in [2.45, 2.75) is 207 Å². The van der Waals surface area contributed by atoms with Gasteiger partial charge in [-0.25, -0.2) is 0 Å². The van der Waals surface area contributed by atoms with Gasteiger partial charge in [0, 0.05) is 11.1 Å². The van der Waals surface area contributed by atoms with Crippen LogP contribution in [0.25, 0.3) is 0 Å². The Balaban J connectivity index is 3.62. The van der Waals surface area contributed by atoms with Crippen LogP contribution in [-0.2, 0) is 0 Å². The third kappa shape index (κ3) is 24.9. The van der Waals surface area contributed by atoms with E-state index in [1.54, 1.807) is 0 Å². The van der Waals surface area contributed by atoms with Crippen LogP contribution in [0, 0.1) is 0 Å². The molecule has 0 atom stereocenters. The molecule has 1 nitrogen and oxygen atoms in total. The topological polar surface area (TPSA) is 12.0 Å². The first kappa shape index (κ1) is 33.0. The Hall–Kier alpha value is -0.0400. The van der Waals surface area contributed by atoms with E-state index in [1.165, 1.54) is 154 Å². The average molecular weight is 466 g/mol. The third-order valence-corrected chi connectivity index (χ3v) is 7.49. The lowest BCUT2D eigenvalue weighted by Crippen LogP contribution is -2.51. The molecule has 0 heterocycles. The van der Waals surface area contributed by atoms with Crippen molar-refractivity contribution in [1.82, 2.24) is 5.32 Å². The molecular formula is C32H67N. The standard InChI is InChI=1S/C32H67N/c1-7-9-11-13-15-17-19-21-23-25-27-29-31(3,4)33-32(5,6)30-28-26-24-22-20-18-16-14-12-10-8-2/h33H,7-30H2,1-6H3. The van der Waals surface area contributed by atoms with Crippen LogP contribution in [0.3, 0.4) is 0 Å². The summed E-state index contributed by atoms with van der Waals surface area (Å²) < 4.78 is 0. The number of rotatable bonds is 26. The van der Waals surface area contributed by atoms with E-state index < -0.39 is 0 Å². The Morgan fingerprint density at radius 3 is 0.788 bits per heavy atom. The van der Waals surface area contributed by atoms with E-state index in [2.05, 4.69) is 46.9 Å². The molecule has 0 aromatic rings. The molecule has 0 saturated carbocycles. The second kappa shape index (κ2) is 22.4. The second-order valence-corrected chi connectivity index (χ2v) is 12.5. The summed E-state index contributed by atoms with van der Waals surface area (Å²) in [5, 5.41) is 4.00. The molecular weight excluding hydrogens is 398 g/mol. The summed E-state index contributed by atoms with van der Waals surface area (Å²) in [4.78, 5) is 0. The number of nitrogens with one attached hydrogen (secondary N) is 1. The summed E-state index contributed by atoms with van der Waals surface area (Å²) in [5.74, 6) is 0. The minimum absolute atomic E-state index is 0.264. The van der Waals surface area contributed by atoms with E-state index in [0.29, 0.717) is 0 Å². The Morgan fingerprint density at radius 1 is 0.333 bits per heavy atom. The Kier molecular flexibility index (Phi) is 22.4. The van der Waals surface area contributed by atoms with Gasteiger partial charge in [0.05, 0.1) is 0 Å². The van der Waals surface area contributed by atoms with Crippen LogP contribution in [0.5, 0.6) is 0 Å². The van der Waals surface area contributed by atoms with E-state index in [9.17, 15) is 0 Å². The van der Waals surface area contributed by atoms with Gasteiger partial charge in [0.25, 0.3) is 0 Å². The fourth-order valence-corrected chi connectivity index (χ4v) is 5.50. The van der Waals surface area contributed by atoms with Crippen molar-refractivity contribution >= 4 is 0 Å². The predicted molar refractivity (Wildman–Crippen MR) is 153 cm³/mol. The first-order valence-corrected chi connectivity index (χ1v) is 15.6. The van der Waals surface area contributed by atoms with Crippen molar-refractivity contribution in [3.05, 3.63) is 0 Å². The van der Waals surface area contributed by atoms with Crippen LogP contribution < -0.4 is 5.32 Å². The molecule has 1 heteroatoms. The molecule has 0 aliphatic rings. The lowest BCUT2D eigenvalue weighted by Gasteiger charge is -2.37. The Labute approximate surface area is 212 Å². The first-order valence-electron chi connectivity index (χ1n) is 15.6. The Bertz CT molecular complexity index is 348. The van der Waals surface area contributed by atoms with Gasteiger partial charge in [0.15, 0.2) is 0 Å². The van der Waals surface area contributed by atoms with Crippen molar-refractivity contribution in [3.8, 4) is 0 Å². The maximum atomic E-state index is 4.00. The van der Waals surface area contributed by atoms with Crippen LogP contribution >= 0.6 is 0 Å². The smallest absolute Gasteiger partial charge is 0.0130 e. The molecule has 0 aromatic carbocycles. The SMILES string of the molecule is CCCCCCCCCCCCCC(C)(C)NC(C)(C)CCCCCCCCCCCCC. The Morgan fingerprint density at radius 2 is 0.545 bits per heavy atom. The van der Waals surface area contributed by atoms with Gasteiger partial charge in [-0.1, -0.05) is 155 Å². The summed E-state index contributed by atoms with van der Waals surface area (Å²) >= 11 is 0.